The maximum Gasteiger partial charge on any atom is 0.236 e. The van der Waals surface area contributed by atoms with E-state index in [1.165, 1.54) is 5.01 Å². The summed E-state index contributed by atoms with van der Waals surface area (Å²) in [6.45, 7) is 8.63. The van der Waals surface area contributed by atoms with E-state index < -0.39 is 0 Å². The van der Waals surface area contributed by atoms with Crippen molar-refractivity contribution in [2.75, 3.05) is 0 Å². The number of rotatable bonds is 9. The highest BCUT2D eigenvalue weighted by atomic mass is 16.2. The number of nitrogens with two attached hydrogens (primary N) is 2. The van der Waals surface area contributed by atoms with Gasteiger partial charge in [-0.15, -0.1) is 0 Å². The van der Waals surface area contributed by atoms with Crippen LogP contribution in [0, 0.1) is 0 Å². The summed E-state index contributed by atoms with van der Waals surface area (Å²) in [6, 6.07) is 0.0827. The van der Waals surface area contributed by atoms with Gasteiger partial charge in [-0.05, 0) is 53.4 Å². The van der Waals surface area contributed by atoms with Gasteiger partial charge < -0.3 is 11.1 Å². The first-order valence-corrected chi connectivity index (χ1v) is 9.17. The van der Waals surface area contributed by atoms with Crippen molar-refractivity contribution in [3.63, 3.8) is 0 Å². The Morgan fingerprint density at radius 2 is 1.42 bits per heavy atom. The molecular weight excluding hydrogens is 304 g/mol. The maximum atomic E-state index is 12.4. The normalized spacial score (nSPS) is 19.9. The first-order valence-electron chi connectivity index (χ1n) is 9.17. The Bertz CT molecular complexity index is 419. The molecule has 0 bridgehead atoms. The largest absolute Gasteiger partial charge is 0.370 e. The van der Waals surface area contributed by atoms with Gasteiger partial charge in [-0.25, -0.2) is 5.84 Å². The van der Waals surface area contributed by atoms with Crippen LogP contribution in [0.4, 0.5) is 0 Å². The number of hydrogen-bond donors (Lipinski definition) is 3. The predicted molar refractivity (Wildman–Crippen MR) is 96.9 cm³/mol. The zero-order chi connectivity index (χ0) is 18.4. The Morgan fingerprint density at radius 3 is 1.92 bits per heavy atom. The highest BCUT2D eigenvalue weighted by molar-refractivity contribution is 5.75. The third-order valence-corrected chi connectivity index (χ3v) is 4.66. The van der Waals surface area contributed by atoms with Crippen LogP contribution < -0.4 is 16.9 Å². The molecule has 1 rings (SSSR count). The minimum absolute atomic E-state index is 0.0231. The SMILES string of the molecule is CC1(C)CC(N(N)C(=O)CCCCCCCC(N)=O)CC(C)(C)N1. The number of primary amides is 1. The van der Waals surface area contributed by atoms with E-state index in [1.807, 2.05) is 0 Å². The minimum atomic E-state index is -0.239. The molecule has 1 aliphatic heterocycles. The maximum absolute atomic E-state index is 12.4. The third-order valence-electron chi connectivity index (χ3n) is 4.66. The highest BCUT2D eigenvalue weighted by Gasteiger charge is 2.40. The van der Waals surface area contributed by atoms with Crippen LogP contribution >= 0.6 is 0 Å². The van der Waals surface area contributed by atoms with Crippen LogP contribution in [0.2, 0.25) is 0 Å². The first-order chi connectivity index (χ1) is 11.0. The molecule has 0 radical (unpaired) electrons. The zero-order valence-electron chi connectivity index (χ0n) is 15.9. The molecule has 1 aliphatic rings. The molecule has 0 aromatic heterocycles. The predicted octanol–water partition coefficient (Wildman–Crippen LogP) is 2.21. The van der Waals surface area contributed by atoms with Crippen molar-refractivity contribution in [2.45, 2.75) is 103 Å². The molecule has 2 amide bonds. The summed E-state index contributed by atoms with van der Waals surface area (Å²) >= 11 is 0. The van der Waals surface area contributed by atoms with Gasteiger partial charge in [-0.1, -0.05) is 19.3 Å². The molecule has 1 heterocycles. The second-order valence-electron chi connectivity index (χ2n) is 8.49. The van der Waals surface area contributed by atoms with Crippen LogP contribution in [0.1, 0.15) is 85.5 Å². The lowest BCUT2D eigenvalue weighted by Crippen LogP contribution is -2.64. The van der Waals surface area contributed by atoms with E-state index >= 15 is 0 Å². The Morgan fingerprint density at radius 1 is 0.958 bits per heavy atom. The molecule has 5 N–H and O–H groups in total. The lowest BCUT2D eigenvalue weighted by molar-refractivity contribution is -0.135. The van der Waals surface area contributed by atoms with E-state index in [0.29, 0.717) is 12.8 Å². The van der Waals surface area contributed by atoms with Gasteiger partial charge in [0.1, 0.15) is 0 Å². The summed E-state index contributed by atoms with van der Waals surface area (Å²) in [7, 11) is 0. The number of hydrazine groups is 1. The average Bonchev–Trinajstić information content (AvgIpc) is 2.41. The number of carbonyl (C=O) groups is 2. The molecule has 140 valence electrons. The molecule has 0 saturated carbocycles. The molecule has 0 aromatic rings. The van der Waals surface area contributed by atoms with Crippen molar-refractivity contribution in [3.8, 4) is 0 Å². The minimum Gasteiger partial charge on any atom is -0.370 e. The summed E-state index contributed by atoms with van der Waals surface area (Å²) in [6.07, 6.45) is 7.37. The molecule has 0 unspecified atom stereocenters. The zero-order valence-corrected chi connectivity index (χ0v) is 15.9. The third kappa shape index (κ3) is 7.62. The van der Waals surface area contributed by atoms with E-state index in [-0.39, 0.29) is 28.9 Å². The Kier molecular flexibility index (Phi) is 7.67. The number of piperidine rings is 1. The average molecular weight is 341 g/mol. The summed E-state index contributed by atoms with van der Waals surface area (Å²) in [5, 5.41) is 5.08. The van der Waals surface area contributed by atoms with Gasteiger partial charge in [-0.3, -0.25) is 14.6 Å². The van der Waals surface area contributed by atoms with Crippen molar-refractivity contribution in [1.29, 1.82) is 0 Å². The molecule has 0 aliphatic carbocycles. The van der Waals surface area contributed by atoms with Crippen molar-refractivity contribution < 1.29 is 9.59 Å². The summed E-state index contributed by atoms with van der Waals surface area (Å²) in [5.41, 5.74) is 5.06. The molecule has 0 aromatic carbocycles. The lowest BCUT2D eigenvalue weighted by Gasteiger charge is -2.48. The van der Waals surface area contributed by atoms with E-state index in [4.69, 9.17) is 11.6 Å². The summed E-state index contributed by atoms with van der Waals surface area (Å²) in [5.74, 6) is 5.93. The number of nitrogens with one attached hydrogen (secondary N) is 1. The number of carbonyl (C=O) groups excluding carboxylic acids is 2. The second kappa shape index (κ2) is 8.81. The van der Waals surface area contributed by atoms with Gasteiger partial charge in [0.25, 0.3) is 0 Å². The summed E-state index contributed by atoms with van der Waals surface area (Å²) < 4.78 is 0. The van der Waals surface area contributed by atoms with Crippen LogP contribution in [-0.4, -0.2) is 33.9 Å². The van der Waals surface area contributed by atoms with Crippen LogP contribution in [0.25, 0.3) is 0 Å². The molecule has 0 atom stereocenters. The van der Waals surface area contributed by atoms with Gasteiger partial charge in [0.05, 0.1) is 6.04 Å². The Labute approximate surface area is 146 Å². The first kappa shape index (κ1) is 20.9. The Hall–Kier alpha value is -1.14. The molecule has 0 spiro atoms. The van der Waals surface area contributed by atoms with E-state index in [2.05, 4.69) is 33.0 Å². The van der Waals surface area contributed by atoms with Gasteiger partial charge in [0, 0.05) is 23.9 Å². The van der Waals surface area contributed by atoms with Crippen molar-refractivity contribution in [1.82, 2.24) is 10.3 Å². The molecule has 6 heteroatoms. The molecule has 1 saturated heterocycles. The second-order valence-corrected chi connectivity index (χ2v) is 8.49. The van der Waals surface area contributed by atoms with Gasteiger partial charge in [0.15, 0.2) is 0 Å². The fraction of sp³-hybridized carbons (Fsp3) is 0.889. The van der Waals surface area contributed by atoms with Gasteiger partial charge in [0.2, 0.25) is 11.8 Å². The number of amides is 2. The monoisotopic (exact) mass is 340 g/mol. The standard InChI is InChI=1S/C18H36N4O2/c1-17(2)12-14(13-18(3,4)21-17)22(20)16(24)11-9-7-5-6-8-10-15(19)23/h14,21H,5-13,20H2,1-4H3,(H2,19,23). The van der Waals surface area contributed by atoms with Gasteiger partial charge >= 0.3 is 0 Å². The quantitative estimate of drug-likeness (QED) is 0.259. The smallest absolute Gasteiger partial charge is 0.236 e. The molecule has 24 heavy (non-hydrogen) atoms. The summed E-state index contributed by atoms with van der Waals surface area (Å²) in [4.78, 5) is 23.0. The van der Waals surface area contributed by atoms with Crippen molar-refractivity contribution in [2.24, 2.45) is 11.6 Å². The van der Waals surface area contributed by atoms with Crippen LogP contribution in [-0.2, 0) is 9.59 Å². The highest BCUT2D eigenvalue weighted by Crippen LogP contribution is 2.30. The van der Waals surface area contributed by atoms with E-state index in [1.54, 1.807) is 0 Å². The molecular formula is C18H36N4O2. The number of nitrogens with zero attached hydrogens (tertiary/aromatic N) is 1. The van der Waals surface area contributed by atoms with E-state index in [9.17, 15) is 9.59 Å². The topological polar surface area (TPSA) is 101 Å². The van der Waals surface area contributed by atoms with Gasteiger partial charge in [-0.2, -0.15) is 0 Å². The van der Waals surface area contributed by atoms with Crippen molar-refractivity contribution in [3.05, 3.63) is 0 Å². The Balaban J connectivity index is 2.30. The fourth-order valence-corrected chi connectivity index (χ4v) is 3.90. The van der Waals surface area contributed by atoms with E-state index in [0.717, 1.165) is 44.9 Å². The molecule has 6 nitrogen and oxygen atoms in total. The van der Waals surface area contributed by atoms with Crippen molar-refractivity contribution >= 4 is 11.8 Å². The number of unbranched alkanes of at least 4 members (excludes halogenated alkanes) is 4. The lowest BCUT2D eigenvalue weighted by atomic mass is 9.79. The van der Waals surface area contributed by atoms with Crippen LogP contribution in [0.3, 0.4) is 0 Å². The number of hydrogen-bond acceptors (Lipinski definition) is 4. The van der Waals surface area contributed by atoms with Crippen LogP contribution in [0.5, 0.6) is 0 Å². The van der Waals surface area contributed by atoms with Crippen LogP contribution in [0.15, 0.2) is 0 Å². The molecule has 1 fully saturated rings. The fourth-order valence-electron chi connectivity index (χ4n) is 3.90.